The van der Waals surface area contributed by atoms with Crippen molar-refractivity contribution >= 4 is 39.1 Å². The van der Waals surface area contributed by atoms with E-state index in [-0.39, 0.29) is 23.3 Å². The standard InChI is InChI=1S/C23H28ClN3O4S/c1-15(2)22(23(29)25-14-18-7-4-5-9-20(18)24)26-32(30,31)19-10-11-21-17(13-19)8-6-12-27(21)16(3)28/h4-5,7,9-11,13,15,22,26H,6,8,12,14H2,1-3H3,(H,25,29). The highest BCUT2D eigenvalue weighted by Crippen LogP contribution is 2.29. The molecule has 0 saturated heterocycles. The lowest BCUT2D eigenvalue weighted by molar-refractivity contribution is -0.123. The van der Waals surface area contributed by atoms with Gasteiger partial charge < -0.3 is 10.2 Å². The van der Waals surface area contributed by atoms with Gasteiger partial charge >= 0.3 is 0 Å². The molecule has 0 fully saturated rings. The number of amides is 2. The lowest BCUT2D eigenvalue weighted by Gasteiger charge is -2.29. The molecule has 7 nitrogen and oxygen atoms in total. The average molecular weight is 478 g/mol. The first-order valence-electron chi connectivity index (χ1n) is 10.5. The van der Waals surface area contributed by atoms with Crippen LogP contribution in [0.3, 0.4) is 0 Å². The SMILES string of the molecule is CC(=O)N1CCCc2cc(S(=O)(=O)NC(C(=O)NCc3ccccc3Cl)C(C)C)ccc21. The van der Waals surface area contributed by atoms with Gasteiger partial charge in [-0.2, -0.15) is 4.72 Å². The van der Waals surface area contributed by atoms with Crippen molar-refractivity contribution < 1.29 is 18.0 Å². The van der Waals surface area contributed by atoms with Crippen LogP contribution < -0.4 is 14.9 Å². The largest absolute Gasteiger partial charge is 0.351 e. The Labute approximate surface area is 194 Å². The van der Waals surface area contributed by atoms with Crippen LogP contribution >= 0.6 is 11.6 Å². The van der Waals surface area contributed by atoms with E-state index in [1.807, 2.05) is 6.07 Å². The van der Waals surface area contributed by atoms with Gasteiger partial charge in [-0.05, 0) is 54.2 Å². The van der Waals surface area contributed by atoms with E-state index in [0.29, 0.717) is 18.0 Å². The van der Waals surface area contributed by atoms with Crippen LogP contribution in [0.2, 0.25) is 5.02 Å². The van der Waals surface area contributed by atoms with Crippen LogP contribution in [-0.4, -0.2) is 32.8 Å². The molecule has 3 rings (SSSR count). The zero-order valence-corrected chi connectivity index (χ0v) is 20.0. The molecule has 0 saturated carbocycles. The van der Waals surface area contributed by atoms with Gasteiger partial charge in [0.15, 0.2) is 0 Å². The topological polar surface area (TPSA) is 95.6 Å². The normalized spacial score (nSPS) is 14.7. The van der Waals surface area contributed by atoms with E-state index in [9.17, 15) is 18.0 Å². The van der Waals surface area contributed by atoms with Crippen molar-refractivity contribution in [2.75, 3.05) is 11.4 Å². The Kier molecular flexibility index (Phi) is 7.59. The van der Waals surface area contributed by atoms with Crippen molar-refractivity contribution in [3.8, 4) is 0 Å². The van der Waals surface area contributed by atoms with Crippen LogP contribution in [0.5, 0.6) is 0 Å². The quantitative estimate of drug-likeness (QED) is 0.639. The van der Waals surface area contributed by atoms with E-state index >= 15 is 0 Å². The summed E-state index contributed by atoms with van der Waals surface area (Å²) in [6.07, 6.45) is 1.46. The Morgan fingerprint density at radius 3 is 2.53 bits per heavy atom. The van der Waals surface area contributed by atoms with E-state index in [1.165, 1.54) is 13.0 Å². The summed E-state index contributed by atoms with van der Waals surface area (Å²) in [5.74, 6) is -0.777. The first-order valence-corrected chi connectivity index (χ1v) is 12.4. The second kappa shape index (κ2) is 10.0. The maximum atomic E-state index is 13.1. The van der Waals surface area contributed by atoms with Crippen LogP contribution in [0.4, 0.5) is 5.69 Å². The van der Waals surface area contributed by atoms with Crippen LogP contribution in [-0.2, 0) is 32.6 Å². The maximum absolute atomic E-state index is 13.1. The van der Waals surface area contributed by atoms with E-state index in [2.05, 4.69) is 10.0 Å². The second-order valence-corrected chi connectivity index (χ2v) is 10.3. The first kappa shape index (κ1) is 24.2. The van der Waals surface area contributed by atoms with Crippen molar-refractivity contribution in [1.29, 1.82) is 0 Å². The number of carbonyl (C=O) groups is 2. The Hall–Kier alpha value is -2.42. The minimum absolute atomic E-state index is 0.0743. The molecule has 2 aromatic carbocycles. The fourth-order valence-electron chi connectivity index (χ4n) is 3.73. The molecular formula is C23H28ClN3O4S. The van der Waals surface area contributed by atoms with E-state index in [4.69, 9.17) is 11.6 Å². The van der Waals surface area contributed by atoms with Crippen LogP contribution in [0, 0.1) is 5.92 Å². The molecule has 2 N–H and O–H groups in total. The van der Waals surface area contributed by atoms with Crippen LogP contribution in [0.25, 0.3) is 0 Å². The number of nitrogens with zero attached hydrogens (tertiary/aromatic N) is 1. The minimum Gasteiger partial charge on any atom is -0.351 e. The third kappa shape index (κ3) is 5.49. The third-order valence-corrected chi connectivity index (χ3v) is 7.31. The molecule has 1 aliphatic heterocycles. The predicted molar refractivity (Wildman–Crippen MR) is 125 cm³/mol. The van der Waals surface area contributed by atoms with E-state index < -0.39 is 22.0 Å². The molecule has 9 heteroatoms. The molecule has 32 heavy (non-hydrogen) atoms. The van der Waals surface area contributed by atoms with Gasteiger partial charge in [-0.25, -0.2) is 8.42 Å². The number of halogens is 1. The van der Waals surface area contributed by atoms with Crippen LogP contribution in [0.1, 0.15) is 38.3 Å². The number of rotatable bonds is 7. The highest BCUT2D eigenvalue weighted by atomic mass is 35.5. The summed E-state index contributed by atoms with van der Waals surface area (Å²) in [6, 6.07) is 10.9. The van der Waals surface area contributed by atoms with Crippen molar-refractivity contribution in [3.63, 3.8) is 0 Å². The van der Waals surface area contributed by atoms with Gasteiger partial charge in [0.25, 0.3) is 0 Å². The molecule has 0 aliphatic carbocycles. The summed E-state index contributed by atoms with van der Waals surface area (Å²) in [5, 5.41) is 3.30. The third-order valence-electron chi connectivity index (χ3n) is 5.50. The molecule has 1 atom stereocenters. The molecule has 0 bridgehead atoms. The molecule has 0 spiro atoms. The number of hydrogen-bond acceptors (Lipinski definition) is 4. The molecule has 0 radical (unpaired) electrons. The zero-order valence-electron chi connectivity index (χ0n) is 18.4. The van der Waals surface area contributed by atoms with Gasteiger partial charge in [-0.15, -0.1) is 0 Å². The summed E-state index contributed by atoms with van der Waals surface area (Å²) in [7, 11) is -3.95. The fourth-order valence-corrected chi connectivity index (χ4v) is 5.33. The highest BCUT2D eigenvalue weighted by molar-refractivity contribution is 7.89. The van der Waals surface area contributed by atoms with Crippen molar-refractivity contribution in [2.45, 2.75) is 51.1 Å². The molecule has 2 amide bonds. The number of nitrogens with one attached hydrogen (secondary N) is 2. The number of aryl methyl sites for hydroxylation is 1. The Morgan fingerprint density at radius 1 is 1.16 bits per heavy atom. The molecule has 1 unspecified atom stereocenters. The number of fused-ring (bicyclic) bond motifs is 1. The summed E-state index contributed by atoms with van der Waals surface area (Å²) < 4.78 is 28.7. The maximum Gasteiger partial charge on any atom is 0.241 e. The first-order chi connectivity index (χ1) is 15.1. The zero-order chi connectivity index (χ0) is 23.5. The number of hydrogen-bond donors (Lipinski definition) is 2. The molecule has 2 aromatic rings. The summed E-state index contributed by atoms with van der Waals surface area (Å²) in [4.78, 5) is 26.4. The van der Waals surface area contributed by atoms with Crippen LogP contribution in [0.15, 0.2) is 47.4 Å². The number of benzene rings is 2. The number of anilines is 1. The Balaban J connectivity index is 1.77. The number of sulfonamides is 1. The van der Waals surface area contributed by atoms with Gasteiger partial charge in [0.2, 0.25) is 21.8 Å². The molecular weight excluding hydrogens is 450 g/mol. The van der Waals surface area contributed by atoms with E-state index in [1.54, 1.807) is 49.1 Å². The summed E-state index contributed by atoms with van der Waals surface area (Å²) >= 11 is 6.14. The van der Waals surface area contributed by atoms with Crippen molar-refractivity contribution in [1.82, 2.24) is 10.0 Å². The van der Waals surface area contributed by atoms with Crippen molar-refractivity contribution in [2.24, 2.45) is 5.92 Å². The lowest BCUT2D eigenvalue weighted by atomic mass is 10.0. The Morgan fingerprint density at radius 2 is 1.88 bits per heavy atom. The van der Waals surface area contributed by atoms with E-state index in [0.717, 1.165) is 23.2 Å². The molecule has 1 aliphatic rings. The van der Waals surface area contributed by atoms with Gasteiger partial charge in [0.05, 0.1) is 4.90 Å². The fraction of sp³-hybridized carbons (Fsp3) is 0.391. The van der Waals surface area contributed by atoms with Crippen molar-refractivity contribution in [3.05, 3.63) is 58.6 Å². The monoisotopic (exact) mass is 477 g/mol. The van der Waals surface area contributed by atoms with Gasteiger partial charge in [-0.1, -0.05) is 43.6 Å². The minimum atomic E-state index is -3.95. The molecule has 172 valence electrons. The van der Waals surface area contributed by atoms with Gasteiger partial charge in [0, 0.05) is 30.7 Å². The van der Waals surface area contributed by atoms with Gasteiger partial charge in [-0.3, -0.25) is 9.59 Å². The second-order valence-electron chi connectivity index (χ2n) is 8.22. The van der Waals surface area contributed by atoms with Gasteiger partial charge in [0.1, 0.15) is 6.04 Å². The number of carbonyl (C=O) groups excluding carboxylic acids is 2. The summed E-state index contributed by atoms with van der Waals surface area (Å²) in [6.45, 7) is 5.87. The Bertz CT molecular complexity index is 1120. The highest BCUT2D eigenvalue weighted by Gasteiger charge is 2.29. The lowest BCUT2D eigenvalue weighted by Crippen LogP contribution is -2.49. The molecule has 0 aromatic heterocycles. The smallest absolute Gasteiger partial charge is 0.241 e. The molecule has 1 heterocycles. The summed E-state index contributed by atoms with van der Waals surface area (Å²) in [5.41, 5.74) is 2.29. The average Bonchev–Trinajstić information content (AvgIpc) is 2.75. The predicted octanol–water partition coefficient (Wildman–Crippen LogP) is 3.26.